The number of ether oxygens (including phenoxy) is 1. The zero-order valence-corrected chi connectivity index (χ0v) is 13.9. The molecule has 2 aromatic heterocycles. The number of halogens is 1. The molecule has 0 bridgehead atoms. The first-order chi connectivity index (χ1) is 9.83. The first kappa shape index (κ1) is 15.3. The molecule has 1 fully saturated rings. The van der Waals surface area contributed by atoms with Crippen molar-refractivity contribution in [2.75, 3.05) is 31.2 Å². The molecule has 1 saturated heterocycles. The van der Waals surface area contributed by atoms with Gasteiger partial charge in [0.15, 0.2) is 0 Å². The minimum Gasteiger partial charge on any atom is -0.378 e. The van der Waals surface area contributed by atoms with Crippen LogP contribution in [0.25, 0.3) is 10.7 Å². The Kier molecular flexibility index (Phi) is 5.87. The summed E-state index contributed by atoms with van der Waals surface area (Å²) < 4.78 is 6.17. The fraction of sp³-hybridized carbons (Fsp3) is 0.462. The zero-order chi connectivity index (χ0) is 14.4. The van der Waals surface area contributed by atoms with Gasteiger partial charge in [0.1, 0.15) is 15.3 Å². The third-order valence-corrected chi connectivity index (χ3v) is 4.21. The van der Waals surface area contributed by atoms with Crippen LogP contribution in [0.15, 0.2) is 22.2 Å². The third kappa shape index (κ3) is 3.74. The van der Waals surface area contributed by atoms with E-state index in [-0.39, 0.29) is 0 Å². The van der Waals surface area contributed by atoms with Crippen molar-refractivity contribution in [1.29, 1.82) is 0 Å². The van der Waals surface area contributed by atoms with Gasteiger partial charge in [-0.05, 0) is 22.0 Å². The zero-order valence-electron chi connectivity index (χ0n) is 11.5. The normalized spacial score (nSPS) is 14.7. The summed E-state index contributed by atoms with van der Waals surface area (Å²) in [6, 6.07) is 1.88. The summed E-state index contributed by atoms with van der Waals surface area (Å²) in [6.07, 6.45) is 1.78. The maximum Gasteiger partial charge on any atom is 0.226 e. The number of hydrogen-bond acceptors (Lipinski definition) is 6. The summed E-state index contributed by atoms with van der Waals surface area (Å²) in [5, 5.41) is 2.85. The van der Waals surface area contributed by atoms with Gasteiger partial charge < -0.3 is 9.64 Å². The van der Waals surface area contributed by atoms with Gasteiger partial charge in [-0.3, -0.25) is 0 Å². The van der Waals surface area contributed by atoms with Crippen molar-refractivity contribution in [3.8, 4) is 10.7 Å². The standard InChI is InChI=1S/C11H11BrN4OS.C2H6/c12-9-7-18-10(15-9)8-1-2-13-11(14-8)16-3-5-17-6-4-16;1-2/h1-2,7H,3-6H2;1-2H3. The second kappa shape index (κ2) is 7.66. The highest BCUT2D eigenvalue weighted by Crippen LogP contribution is 2.25. The van der Waals surface area contributed by atoms with Crippen molar-refractivity contribution in [1.82, 2.24) is 15.0 Å². The minimum absolute atomic E-state index is 0.733. The summed E-state index contributed by atoms with van der Waals surface area (Å²) in [4.78, 5) is 15.4. The Bertz CT molecular complexity index is 543. The fourth-order valence-corrected chi connectivity index (χ4v) is 2.98. The van der Waals surface area contributed by atoms with Crippen LogP contribution in [-0.4, -0.2) is 41.3 Å². The second-order valence-corrected chi connectivity index (χ2v) is 5.49. The average Bonchev–Trinajstić information content (AvgIpc) is 2.97. The highest BCUT2D eigenvalue weighted by Gasteiger charge is 2.15. The highest BCUT2D eigenvalue weighted by atomic mass is 79.9. The van der Waals surface area contributed by atoms with E-state index in [4.69, 9.17) is 4.74 Å². The molecule has 0 saturated carbocycles. The molecule has 0 atom stereocenters. The monoisotopic (exact) mass is 356 g/mol. The molecule has 5 nitrogen and oxygen atoms in total. The molecule has 1 aliphatic heterocycles. The number of aromatic nitrogens is 3. The van der Waals surface area contributed by atoms with Gasteiger partial charge in [0.25, 0.3) is 0 Å². The molecule has 0 amide bonds. The van der Waals surface area contributed by atoms with E-state index < -0.39 is 0 Å². The molecular weight excluding hydrogens is 340 g/mol. The summed E-state index contributed by atoms with van der Waals surface area (Å²) in [5.74, 6) is 0.752. The minimum atomic E-state index is 0.733. The van der Waals surface area contributed by atoms with Gasteiger partial charge in [0, 0.05) is 24.7 Å². The lowest BCUT2D eigenvalue weighted by atomic mass is 10.4. The van der Waals surface area contributed by atoms with Gasteiger partial charge in [0.2, 0.25) is 5.95 Å². The van der Waals surface area contributed by atoms with Crippen LogP contribution in [0.5, 0.6) is 0 Å². The number of rotatable bonds is 2. The summed E-state index contributed by atoms with van der Waals surface area (Å²) in [6.45, 7) is 7.14. The first-order valence-corrected chi connectivity index (χ1v) is 8.27. The van der Waals surface area contributed by atoms with E-state index in [2.05, 4.69) is 35.8 Å². The summed E-state index contributed by atoms with van der Waals surface area (Å²) in [5.41, 5.74) is 0.863. The van der Waals surface area contributed by atoms with E-state index in [9.17, 15) is 0 Å². The van der Waals surface area contributed by atoms with Crippen LogP contribution >= 0.6 is 27.3 Å². The Morgan fingerprint density at radius 2 is 2.00 bits per heavy atom. The van der Waals surface area contributed by atoms with Crippen LogP contribution < -0.4 is 4.90 Å². The molecule has 3 rings (SSSR count). The molecular formula is C13H17BrN4OS. The topological polar surface area (TPSA) is 51.1 Å². The van der Waals surface area contributed by atoms with Gasteiger partial charge in [0.05, 0.1) is 13.2 Å². The Morgan fingerprint density at radius 1 is 1.25 bits per heavy atom. The number of morpholine rings is 1. The molecule has 2 aromatic rings. The lowest BCUT2D eigenvalue weighted by molar-refractivity contribution is 0.122. The number of nitrogens with zero attached hydrogens (tertiary/aromatic N) is 4. The Balaban J connectivity index is 0.000000704. The van der Waals surface area contributed by atoms with Gasteiger partial charge >= 0.3 is 0 Å². The van der Waals surface area contributed by atoms with E-state index in [0.717, 1.165) is 47.6 Å². The average molecular weight is 357 g/mol. The van der Waals surface area contributed by atoms with Crippen LogP contribution in [0.1, 0.15) is 13.8 Å². The lowest BCUT2D eigenvalue weighted by Crippen LogP contribution is -2.37. The van der Waals surface area contributed by atoms with Gasteiger partial charge in [-0.1, -0.05) is 13.8 Å². The van der Waals surface area contributed by atoms with Crippen LogP contribution in [0.4, 0.5) is 5.95 Å². The van der Waals surface area contributed by atoms with Crippen molar-refractivity contribution in [3.63, 3.8) is 0 Å². The van der Waals surface area contributed by atoms with Crippen molar-refractivity contribution < 1.29 is 4.74 Å². The summed E-state index contributed by atoms with van der Waals surface area (Å²) >= 11 is 4.92. The van der Waals surface area contributed by atoms with Crippen molar-refractivity contribution in [2.24, 2.45) is 0 Å². The molecule has 1 aliphatic rings. The number of thiazole rings is 1. The Hall–Kier alpha value is -1.05. The van der Waals surface area contributed by atoms with Crippen LogP contribution in [0.2, 0.25) is 0 Å². The molecule has 3 heterocycles. The molecule has 0 unspecified atom stereocenters. The Morgan fingerprint density at radius 3 is 2.65 bits per heavy atom. The van der Waals surface area contributed by atoms with E-state index >= 15 is 0 Å². The largest absolute Gasteiger partial charge is 0.378 e. The van der Waals surface area contributed by atoms with Crippen LogP contribution in [0, 0.1) is 0 Å². The van der Waals surface area contributed by atoms with E-state index in [1.807, 2.05) is 25.3 Å². The molecule has 20 heavy (non-hydrogen) atoms. The molecule has 0 aliphatic carbocycles. The van der Waals surface area contributed by atoms with Gasteiger partial charge in [-0.25, -0.2) is 15.0 Å². The van der Waals surface area contributed by atoms with Gasteiger partial charge in [-0.2, -0.15) is 0 Å². The van der Waals surface area contributed by atoms with Crippen molar-refractivity contribution in [2.45, 2.75) is 13.8 Å². The van der Waals surface area contributed by atoms with Crippen molar-refractivity contribution in [3.05, 3.63) is 22.2 Å². The summed E-state index contributed by atoms with van der Waals surface area (Å²) in [7, 11) is 0. The molecule has 0 N–H and O–H groups in total. The molecule has 0 spiro atoms. The maximum absolute atomic E-state index is 5.33. The number of hydrogen-bond donors (Lipinski definition) is 0. The molecule has 7 heteroatoms. The van der Waals surface area contributed by atoms with Crippen LogP contribution in [-0.2, 0) is 4.74 Å². The van der Waals surface area contributed by atoms with Gasteiger partial charge in [-0.15, -0.1) is 11.3 Å². The van der Waals surface area contributed by atoms with Crippen molar-refractivity contribution >= 4 is 33.2 Å². The highest BCUT2D eigenvalue weighted by molar-refractivity contribution is 9.10. The van der Waals surface area contributed by atoms with E-state index in [0.29, 0.717) is 0 Å². The fourth-order valence-electron chi connectivity index (χ4n) is 1.76. The van der Waals surface area contributed by atoms with E-state index in [1.165, 1.54) is 0 Å². The third-order valence-electron chi connectivity index (χ3n) is 2.63. The number of anilines is 1. The lowest BCUT2D eigenvalue weighted by Gasteiger charge is -2.26. The molecule has 0 aromatic carbocycles. The molecule has 0 radical (unpaired) electrons. The predicted octanol–water partition coefficient (Wildman–Crippen LogP) is 3.23. The predicted molar refractivity (Wildman–Crippen MR) is 85.2 cm³/mol. The Labute approximate surface area is 131 Å². The second-order valence-electron chi connectivity index (χ2n) is 3.82. The maximum atomic E-state index is 5.33. The first-order valence-electron chi connectivity index (χ1n) is 6.60. The smallest absolute Gasteiger partial charge is 0.226 e. The van der Waals surface area contributed by atoms with Crippen LogP contribution in [0.3, 0.4) is 0 Å². The molecule has 108 valence electrons. The van der Waals surface area contributed by atoms with E-state index in [1.54, 1.807) is 17.5 Å². The quantitative estimate of drug-likeness (QED) is 0.826. The SMILES string of the molecule is Brc1csc(-c2ccnc(N3CCOCC3)n2)n1.CC.